The largest absolute Gasteiger partial charge is 0.283 e. The average Bonchev–Trinajstić information content (AvgIpc) is 3.62. The summed E-state index contributed by atoms with van der Waals surface area (Å²) in [6.07, 6.45) is 10.4. The normalized spacial score (nSPS) is 44.6. The highest BCUT2D eigenvalue weighted by molar-refractivity contribution is 6.07. The first-order chi connectivity index (χ1) is 15.5. The molecule has 4 amide bonds. The van der Waals surface area contributed by atoms with Crippen molar-refractivity contribution in [2.24, 2.45) is 47.3 Å². The molecule has 8 heteroatoms. The van der Waals surface area contributed by atoms with E-state index in [0.717, 1.165) is 12.8 Å². The molecule has 3 saturated heterocycles. The molecule has 5 fully saturated rings. The summed E-state index contributed by atoms with van der Waals surface area (Å²) in [7, 11) is 0. The number of carbonyl (C=O) groups excluding carboxylic acids is 4. The number of rotatable bonds is 4. The van der Waals surface area contributed by atoms with Gasteiger partial charge in [-0.2, -0.15) is 0 Å². The van der Waals surface area contributed by atoms with E-state index in [4.69, 9.17) is 0 Å². The summed E-state index contributed by atoms with van der Waals surface area (Å²) in [6.45, 7) is 3.58. The molecule has 8 nitrogen and oxygen atoms in total. The van der Waals surface area contributed by atoms with E-state index in [1.165, 1.54) is 9.80 Å². The SMILES string of the molecule is O=C1[C@@H]2[C@@H](C(=O)N1CN1CCN(CN3C(=O)[C@@H]4[C@H](C3=O)[C@H]3C=C[C@H]4C3)CC1)[C@H]1C=C[C@H]2C1. The summed E-state index contributed by atoms with van der Waals surface area (Å²) in [5, 5.41) is 0. The summed E-state index contributed by atoms with van der Waals surface area (Å²) in [5.74, 6) is 0.394. The molecule has 8 atom stereocenters. The Labute approximate surface area is 186 Å². The molecule has 0 unspecified atom stereocenters. The molecule has 7 aliphatic rings. The fraction of sp³-hybridized carbons (Fsp3) is 0.667. The van der Waals surface area contributed by atoms with E-state index >= 15 is 0 Å². The predicted molar refractivity (Wildman–Crippen MR) is 112 cm³/mol. The van der Waals surface area contributed by atoms with Gasteiger partial charge in [0.2, 0.25) is 23.6 Å². The Morgan fingerprint density at radius 1 is 0.531 bits per heavy atom. The van der Waals surface area contributed by atoms with E-state index in [1.807, 2.05) is 0 Å². The van der Waals surface area contributed by atoms with Gasteiger partial charge in [0.15, 0.2) is 0 Å². The van der Waals surface area contributed by atoms with Gasteiger partial charge in [-0.3, -0.25) is 38.8 Å². The van der Waals surface area contributed by atoms with Crippen LogP contribution in [0.3, 0.4) is 0 Å². The topological polar surface area (TPSA) is 81.2 Å². The molecule has 7 rings (SSSR count). The lowest BCUT2D eigenvalue weighted by atomic mass is 9.85. The van der Waals surface area contributed by atoms with Gasteiger partial charge in [0.05, 0.1) is 37.0 Å². The second kappa shape index (κ2) is 6.60. The first-order valence-corrected chi connectivity index (χ1v) is 12.0. The Bertz CT molecular complexity index is 844. The molecule has 3 aliphatic heterocycles. The second-order valence-corrected chi connectivity index (χ2v) is 10.7. The summed E-state index contributed by atoms with van der Waals surface area (Å²) in [4.78, 5) is 59.0. The summed E-state index contributed by atoms with van der Waals surface area (Å²) in [6, 6.07) is 0. The van der Waals surface area contributed by atoms with Crippen LogP contribution in [0.1, 0.15) is 12.8 Å². The van der Waals surface area contributed by atoms with Gasteiger partial charge in [0, 0.05) is 26.2 Å². The van der Waals surface area contributed by atoms with Crippen molar-refractivity contribution in [1.82, 2.24) is 19.6 Å². The lowest BCUT2D eigenvalue weighted by Gasteiger charge is -2.37. The van der Waals surface area contributed by atoms with E-state index in [-0.39, 0.29) is 71.0 Å². The molecule has 0 aromatic heterocycles. The zero-order valence-electron chi connectivity index (χ0n) is 18.0. The molecule has 0 spiro atoms. The fourth-order valence-electron chi connectivity index (χ4n) is 7.68. The highest BCUT2D eigenvalue weighted by Gasteiger charge is 2.60. The fourth-order valence-corrected chi connectivity index (χ4v) is 7.68. The van der Waals surface area contributed by atoms with E-state index in [0.29, 0.717) is 39.5 Å². The first kappa shape index (κ1) is 19.2. The second-order valence-electron chi connectivity index (χ2n) is 10.7. The molecule has 4 bridgehead atoms. The minimum absolute atomic E-state index is 0.00215. The van der Waals surface area contributed by atoms with E-state index in [1.54, 1.807) is 0 Å². The highest BCUT2D eigenvalue weighted by Crippen LogP contribution is 2.53. The van der Waals surface area contributed by atoms with Crippen LogP contribution < -0.4 is 0 Å². The number of carbonyl (C=O) groups is 4. The molecule has 0 aromatic rings. The summed E-state index contributed by atoms with van der Waals surface area (Å²) in [5.41, 5.74) is 0. The van der Waals surface area contributed by atoms with Gasteiger partial charge in [-0.15, -0.1) is 0 Å². The minimum Gasteiger partial charge on any atom is -0.283 e. The molecule has 3 heterocycles. The van der Waals surface area contributed by atoms with Crippen LogP contribution in [0.2, 0.25) is 0 Å². The van der Waals surface area contributed by atoms with Crippen LogP contribution in [0, 0.1) is 47.3 Å². The maximum atomic E-state index is 12.9. The van der Waals surface area contributed by atoms with Gasteiger partial charge >= 0.3 is 0 Å². The van der Waals surface area contributed by atoms with Crippen molar-refractivity contribution in [1.29, 1.82) is 0 Å². The minimum atomic E-state index is -0.143. The third kappa shape index (κ3) is 2.45. The van der Waals surface area contributed by atoms with Crippen LogP contribution in [0.15, 0.2) is 24.3 Å². The van der Waals surface area contributed by atoms with Gasteiger partial charge in [0.25, 0.3) is 0 Å². The number of nitrogens with zero attached hydrogens (tertiary/aromatic N) is 4. The Balaban J connectivity index is 0.956. The molecular formula is C24H28N4O4. The predicted octanol–water partition coefficient (Wildman–Crippen LogP) is 0.133. The van der Waals surface area contributed by atoms with Gasteiger partial charge in [-0.05, 0) is 36.5 Å². The van der Waals surface area contributed by atoms with Crippen LogP contribution in [0.25, 0.3) is 0 Å². The maximum absolute atomic E-state index is 12.9. The number of fused-ring (bicyclic) bond motifs is 10. The van der Waals surface area contributed by atoms with Gasteiger partial charge < -0.3 is 0 Å². The number of hydrogen-bond donors (Lipinski definition) is 0. The van der Waals surface area contributed by atoms with Crippen LogP contribution in [0.5, 0.6) is 0 Å². The van der Waals surface area contributed by atoms with Gasteiger partial charge in [-0.25, -0.2) is 0 Å². The standard InChI is InChI=1S/C24H28N4O4/c29-21-17-13-1-2-14(9-13)18(17)22(30)27(21)11-25-5-7-26(8-6-25)12-28-23(31)19-15-3-4-16(10-15)20(19)24(28)32/h1-4,13-20H,5-12H2/t13-,14-,15-,16-,17-,18-,19-,20+/m0/s1. The van der Waals surface area contributed by atoms with E-state index in [2.05, 4.69) is 34.1 Å². The molecule has 0 radical (unpaired) electrons. The smallest absolute Gasteiger partial charge is 0.234 e. The van der Waals surface area contributed by atoms with Crippen molar-refractivity contribution in [3.8, 4) is 0 Å². The quantitative estimate of drug-likeness (QED) is 0.461. The molecule has 4 aliphatic carbocycles. The molecule has 0 aromatic carbocycles. The lowest BCUT2D eigenvalue weighted by Crippen LogP contribution is -2.54. The molecular weight excluding hydrogens is 408 g/mol. The van der Waals surface area contributed by atoms with E-state index < -0.39 is 0 Å². The third-order valence-corrected chi connectivity index (χ3v) is 9.27. The summed E-state index contributed by atoms with van der Waals surface area (Å²) < 4.78 is 0. The average molecular weight is 437 g/mol. The zero-order chi connectivity index (χ0) is 21.7. The van der Waals surface area contributed by atoms with Crippen LogP contribution in [0.4, 0.5) is 0 Å². The Hall–Kier alpha value is -2.32. The van der Waals surface area contributed by atoms with Gasteiger partial charge in [-0.1, -0.05) is 24.3 Å². The van der Waals surface area contributed by atoms with Crippen molar-refractivity contribution in [3.63, 3.8) is 0 Å². The van der Waals surface area contributed by atoms with Crippen LogP contribution in [-0.2, 0) is 19.2 Å². The number of amides is 4. The Morgan fingerprint density at radius 2 is 0.812 bits per heavy atom. The van der Waals surface area contributed by atoms with Crippen LogP contribution >= 0.6 is 0 Å². The highest BCUT2D eigenvalue weighted by atomic mass is 16.2. The van der Waals surface area contributed by atoms with Crippen molar-refractivity contribution >= 4 is 23.6 Å². The zero-order valence-corrected chi connectivity index (χ0v) is 18.0. The molecule has 0 N–H and O–H groups in total. The molecule has 168 valence electrons. The number of hydrogen-bond acceptors (Lipinski definition) is 6. The van der Waals surface area contributed by atoms with Gasteiger partial charge in [0.1, 0.15) is 0 Å². The Morgan fingerprint density at radius 3 is 1.09 bits per heavy atom. The van der Waals surface area contributed by atoms with Crippen molar-refractivity contribution < 1.29 is 19.2 Å². The van der Waals surface area contributed by atoms with Crippen molar-refractivity contribution in [3.05, 3.63) is 24.3 Å². The van der Waals surface area contributed by atoms with Crippen molar-refractivity contribution in [2.75, 3.05) is 39.5 Å². The lowest BCUT2D eigenvalue weighted by molar-refractivity contribution is -0.146. The summed E-state index contributed by atoms with van der Waals surface area (Å²) >= 11 is 0. The molecule has 2 saturated carbocycles. The van der Waals surface area contributed by atoms with E-state index in [9.17, 15) is 19.2 Å². The Kier molecular flexibility index (Phi) is 3.96. The number of allylic oxidation sites excluding steroid dienone is 4. The van der Waals surface area contributed by atoms with Crippen molar-refractivity contribution in [2.45, 2.75) is 12.8 Å². The first-order valence-electron chi connectivity index (χ1n) is 12.0. The maximum Gasteiger partial charge on any atom is 0.234 e. The number of imide groups is 2. The number of likely N-dealkylation sites (tertiary alicyclic amines) is 2. The monoisotopic (exact) mass is 436 g/mol. The number of piperazine rings is 1. The molecule has 32 heavy (non-hydrogen) atoms. The third-order valence-electron chi connectivity index (χ3n) is 9.27. The van der Waals surface area contributed by atoms with Crippen LogP contribution in [-0.4, -0.2) is 82.7 Å².